The van der Waals surface area contributed by atoms with E-state index in [9.17, 15) is 0 Å². The quantitative estimate of drug-likeness (QED) is 0.681. The van der Waals surface area contributed by atoms with E-state index in [1.54, 1.807) is 17.5 Å². The molecule has 0 aliphatic heterocycles. The number of aromatic nitrogens is 2. The Morgan fingerprint density at radius 1 is 1.50 bits per heavy atom. The summed E-state index contributed by atoms with van der Waals surface area (Å²) in [6.07, 6.45) is 1.71. The van der Waals surface area contributed by atoms with Crippen LogP contribution in [0.1, 0.15) is 0 Å². The summed E-state index contributed by atoms with van der Waals surface area (Å²) in [5.41, 5.74) is 0. The Morgan fingerprint density at radius 3 is 3.20 bits per heavy atom. The Balaban J connectivity index is 2.88. The summed E-state index contributed by atoms with van der Waals surface area (Å²) >= 11 is 3.95. The van der Waals surface area contributed by atoms with Crippen molar-refractivity contribution in [1.82, 2.24) is 10.2 Å². The van der Waals surface area contributed by atoms with Gasteiger partial charge in [-0.15, -0.1) is 16.4 Å². The zero-order chi connectivity index (χ0) is 6.97. The largest absolute Gasteiger partial charge is 0.158 e. The predicted molar refractivity (Wildman–Crippen MR) is 50.1 cm³/mol. The number of hydrogen-bond acceptors (Lipinski definition) is 3. The predicted octanol–water partition coefficient (Wildman–Crippen LogP) is 2.30. The molecule has 0 unspecified atom stereocenters. The molecule has 2 heterocycles. The van der Waals surface area contributed by atoms with Gasteiger partial charge in [-0.2, -0.15) is 5.10 Å². The number of hydrogen-bond donors (Lipinski definition) is 0. The maximum absolute atomic E-state index is 3.97. The summed E-state index contributed by atoms with van der Waals surface area (Å²) in [5, 5.41) is 8.93. The Labute approximate surface area is 75.4 Å². The molecule has 0 saturated carbocycles. The van der Waals surface area contributed by atoms with Gasteiger partial charge in [0.2, 0.25) is 0 Å². The summed E-state index contributed by atoms with van der Waals surface area (Å²) in [4.78, 5) is 1.02. The first kappa shape index (κ1) is 6.48. The number of rotatable bonds is 0. The summed E-state index contributed by atoms with van der Waals surface area (Å²) in [5.74, 6) is 0. The molecule has 0 spiro atoms. The highest BCUT2D eigenvalue weighted by molar-refractivity contribution is 14.1. The van der Waals surface area contributed by atoms with Crippen LogP contribution in [0.15, 0.2) is 18.3 Å². The smallest absolute Gasteiger partial charge is 0.147 e. The monoisotopic (exact) mass is 262 g/mol. The van der Waals surface area contributed by atoms with Crippen LogP contribution in [0.4, 0.5) is 0 Å². The van der Waals surface area contributed by atoms with Crippen LogP contribution in [0.3, 0.4) is 0 Å². The van der Waals surface area contributed by atoms with E-state index in [0.29, 0.717) is 0 Å². The van der Waals surface area contributed by atoms with Crippen molar-refractivity contribution in [2.24, 2.45) is 0 Å². The van der Waals surface area contributed by atoms with E-state index in [1.807, 2.05) is 6.07 Å². The van der Waals surface area contributed by atoms with Crippen molar-refractivity contribution in [2.45, 2.75) is 0 Å². The van der Waals surface area contributed by atoms with Crippen LogP contribution < -0.4 is 0 Å². The van der Waals surface area contributed by atoms with Gasteiger partial charge in [0.1, 0.15) is 4.83 Å². The molecule has 4 heteroatoms. The Morgan fingerprint density at radius 2 is 2.40 bits per heavy atom. The minimum absolute atomic E-state index is 1.02. The number of thiophene rings is 1. The molecule has 2 nitrogen and oxygen atoms in total. The molecule has 0 atom stereocenters. The third-order valence-corrected chi connectivity index (χ3v) is 2.97. The molecule has 0 aliphatic carbocycles. The second-order valence-corrected chi connectivity index (χ2v) is 4.77. The molecule has 2 rings (SSSR count). The molecular weight excluding hydrogens is 259 g/mol. The second kappa shape index (κ2) is 2.43. The third-order valence-electron chi connectivity index (χ3n) is 1.18. The van der Waals surface area contributed by atoms with Gasteiger partial charge in [-0.05, 0) is 34.7 Å². The summed E-state index contributed by atoms with van der Waals surface area (Å²) in [7, 11) is 0. The van der Waals surface area contributed by atoms with Crippen LogP contribution in [-0.4, -0.2) is 10.2 Å². The van der Waals surface area contributed by atoms with Gasteiger partial charge in [-0.1, -0.05) is 0 Å². The van der Waals surface area contributed by atoms with Crippen molar-refractivity contribution in [3.05, 3.63) is 21.2 Å². The van der Waals surface area contributed by atoms with E-state index in [-0.39, 0.29) is 0 Å². The molecule has 0 aromatic carbocycles. The first-order chi connectivity index (χ1) is 4.86. The van der Waals surface area contributed by atoms with Crippen molar-refractivity contribution in [3.8, 4) is 0 Å². The molecular formula is C6H3IN2S. The van der Waals surface area contributed by atoms with Gasteiger partial charge in [0.15, 0.2) is 0 Å². The van der Waals surface area contributed by atoms with Crippen molar-refractivity contribution < 1.29 is 0 Å². The molecule has 0 saturated heterocycles. The molecule has 0 aliphatic rings. The lowest BCUT2D eigenvalue weighted by Crippen LogP contribution is -1.73. The highest BCUT2D eigenvalue weighted by Crippen LogP contribution is 2.23. The fourth-order valence-electron chi connectivity index (χ4n) is 0.762. The SMILES string of the molecule is Ic1cc2ccnnc2s1. The number of halogens is 1. The lowest BCUT2D eigenvalue weighted by Gasteiger charge is -1.80. The van der Waals surface area contributed by atoms with Crippen molar-refractivity contribution in [1.29, 1.82) is 0 Å². The maximum Gasteiger partial charge on any atom is 0.147 e. The molecule has 0 radical (unpaired) electrons. The average Bonchev–Trinajstić information content (AvgIpc) is 2.27. The molecule has 50 valence electrons. The highest BCUT2D eigenvalue weighted by Gasteiger charge is 1.97. The lowest BCUT2D eigenvalue weighted by molar-refractivity contribution is 1.09. The zero-order valence-corrected chi connectivity index (χ0v) is 7.89. The Bertz CT molecular complexity index is 324. The molecule has 2 aromatic heterocycles. The van der Waals surface area contributed by atoms with E-state index in [0.717, 1.165) is 4.83 Å². The van der Waals surface area contributed by atoms with Crippen LogP contribution in [-0.2, 0) is 0 Å². The van der Waals surface area contributed by atoms with Gasteiger partial charge >= 0.3 is 0 Å². The fraction of sp³-hybridized carbons (Fsp3) is 0. The minimum Gasteiger partial charge on any atom is -0.158 e. The average molecular weight is 262 g/mol. The van der Waals surface area contributed by atoms with E-state index in [4.69, 9.17) is 0 Å². The maximum atomic E-state index is 3.97. The number of nitrogens with zero attached hydrogens (tertiary/aromatic N) is 2. The van der Waals surface area contributed by atoms with Crippen LogP contribution in [0.5, 0.6) is 0 Å². The molecule has 10 heavy (non-hydrogen) atoms. The van der Waals surface area contributed by atoms with Crippen LogP contribution in [0, 0.1) is 2.88 Å². The summed E-state index contributed by atoms with van der Waals surface area (Å²) < 4.78 is 1.26. The minimum atomic E-state index is 1.02. The van der Waals surface area contributed by atoms with Gasteiger partial charge < -0.3 is 0 Å². The highest BCUT2D eigenvalue weighted by atomic mass is 127. The first-order valence-electron chi connectivity index (χ1n) is 2.73. The Hall–Kier alpha value is -0.230. The second-order valence-electron chi connectivity index (χ2n) is 1.84. The fourth-order valence-corrected chi connectivity index (χ4v) is 2.43. The molecule has 0 N–H and O–H groups in total. The van der Waals surface area contributed by atoms with Crippen LogP contribution in [0.2, 0.25) is 0 Å². The van der Waals surface area contributed by atoms with Gasteiger partial charge in [-0.3, -0.25) is 0 Å². The number of fused-ring (bicyclic) bond motifs is 1. The van der Waals surface area contributed by atoms with Gasteiger partial charge in [0.25, 0.3) is 0 Å². The van der Waals surface area contributed by atoms with Gasteiger partial charge in [0.05, 0.1) is 9.08 Å². The summed E-state index contributed by atoms with van der Waals surface area (Å²) in [6, 6.07) is 4.08. The van der Waals surface area contributed by atoms with E-state index < -0.39 is 0 Å². The lowest BCUT2D eigenvalue weighted by atomic mass is 10.4. The standard InChI is InChI=1S/C6H3IN2S/c7-5-3-4-1-2-8-9-6(4)10-5/h1-3H. The van der Waals surface area contributed by atoms with E-state index >= 15 is 0 Å². The topological polar surface area (TPSA) is 25.8 Å². The van der Waals surface area contributed by atoms with E-state index in [1.165, 1.54) is 8.27 Å². The van der Waals surface area contributed by atoms with Crippen LogP contribution in [0.25, 0.3) is 10.2 Å². The first-order valence-corrected chi connectivity index (χ1v) is 4.62. The Kier molecular flexibility index (Phi) is 1.57. The molecule has 0 fully saturated rings. The zero-order valence-electron chi connectivity index (χ0n) is 4.91. The summed E-state index contributed by atoms with van der Waals surface area (Å²) in [6.45, 7) is 0. The molecule has 0 amide bonds. The normalized spacial score (nSPS) is 10.5. The van der Waals surface area contributed by atoms with Crippen molar-refractivity contribution in [3.63, 3.8) is 0 Å². The van der Waals surface area contributed by atoms with Crippen LogP contribution >= 0.6 is 33.9 Å². The van der Waals surface area contributed by atoms with Crippen molar-refractivity contribution >= 4 is 44.1 Å². The molecule has 2 aromatic rings. The van der Waals surface area contributed by atoms with Crippen molar-refractivity contribution in [2.75, 3.05) is 0 Å². The third kappa shape index (κ3) is 1.01. The van der Waals surface area contributed by atoms with Gasteiger partial charge in [-0.25, -0.2) is 0 Å². The van der Waals surface area contributed by atoms with E-state index in [2.05, 4.69) is 38.9 Å². The molecule has 0 bridgehead atoms. The van der Waals surface area contributed by atoms with Gasteiger partial charge in [0, 0.05) is 5.39 Å².